The fraction of sp³-hybridized carbons (Fsp3) is 0.400. The van der Waals surface area contributed by atoms with Crippen molar-refractivity contribution in [1.82, 2.24) is 24.6 Å². The summed E-state index contributed by atoms with van der Waals surface area (Å²) in [5, 5.41) is 9.54. The van der Waals surface area contributed by atoms with Gasteiger partial charge in [-0.1, -0.05) is 5.21 Å². The third-order valence-corrected chi connectivity index (χ3v) is 6.24. The minimum Gasteiger partial charge on any atom is -0.332 e. The van der Waals surface area contributed by atoms with Gasteiger partial charge < -0.3 is 4.90 Å². The molecule has 0 radical (unpaired) electrons. The minimum absolute atomic E-state index is 0.00502. The van der Waals surface area contributed by atoms with Gasteiger partial charge in [-0.05, 0) is 26.0 Å². The molecule has 0 spiro atoms. The van der Waals surface area contributed by atoms with Gasteiger partial charge in [0, 0.05) is 31.2 Å². The standard InChI is InChI=1S/C15H17F2N5O3S/c1-9-8-22(26(24,25)13-4-11(16)3-12(17)5-13)10(2)7-21(9)15(23)14-6-18-20-19-14/h3-6,9-10H,7-8H2,1-2H3,(H,18,19,20)/t9-,10+/m0/s1. The van der Waals surface area contributed by atoms with E-state index in [0.717, 1.165) is 16.4 Å². The Bertz CT molecular complexity index is 899. The molecule has 26 heavy (non-hydrogen) atoms. The summed E-state index contributed by atoms with van der Waals surface area (Å²) in [7, 11) is -4.11. The number of nitrogens with one attached hydrogen (secondary N) is 1. The highest BCUT2D eigenvalue weighted by molar-refractivity contribution is 7.89. The fourth-order valence-electron chi connectivity index (χ4n) is 2.98. The maximum Gasteiger partial charge on any atom is 0.273 e. The third-order valence-electron chi connectivity index (χ3n) is 4.28. The highest BCUT2D eigenvalue weighted by atomic mass is 32.2. The molecule has 1 N–H and O–H groups in total. The lowest BCUT2D eigenvalue weighted by Gasteiger charge is -2.43. The first kappa shape index (κ1) is 18.4. The number of aromatic nitrogens is 3. The Morgan fingerprint density at radius 1 is 1.15 bits per heavy atom. The van der Waals surface area contributed by atoms with Crippen LogP contribution in [0.15, 0.2) is 29.3 Å². The Hall–Kier alpha value is -2.40. The van der Waals surface area contributed by atoms with E-state index >= 15 is 0 Å². The molecular weight excluding hydrogens is 368 g/mol. The molecule has 3 rings (SSSR count). The number of hydrogen-bond donors (Lipinski definition) is 1. The van der Waals surface area contributed by atoms with Crippen molar-refractivity contribution in [3.05, 3.63) is 41.7 Å². The number of carbonyl (C=O) groups excluding carboxylic acids is 1. The van der Waals surface area contributed by atoms with Crippen molar-refractivity contribution in [3.63, 3.8) is 0 Å². The predicted octanol–water partition coefficient (Wildman–Crippen LogP) is 1.01. The smallest absolute Gasteiger partial charge is 0.273 e. The normalized spacial score (nSPS) is 21.8. The van der Waals surface area contributed by atoms with E-state index in [4.69, 9.17) is 0 Å². The molecule has 1 amide bonds. The molecule has 0 saturated carbocycles. The summed E-state index contributed by atoms with van der Waals surface area (Å²) in [6.07, 6.45) is 1.29. The van der Waals surface area contributed by atoms with Gasteiger partial charge in [-0.2, -0.15) is 4.31 Å². The topological polar surface area (TPSA) is 99.3 Å². The Balaban J connectivity index is 1.86. The molecular formula is C15H17F2N5O3S. The first-order valence-electron chi connectivity index (χ1n) is 7.85. The van der Waals surface area contributed by atoms with Crippen LogP contribution in [0.1, 0.15) is 24.3 Å². The number of nitrogens with zero attached hydrogens (tertiary/aromatic N) is 4. The second kappa shape index (κ2) is 6.72. The number of carbonyl (C=O) groups is 1. The van der Waals surface area contributed by atoms with E-state index in [9.17, 15) is 22.0 Å². The van der Waals surface area contributed by atoms with Gasteiger partial charge in [0.05, 0.1) is 11.1 Å². The van der Waals surface area contributed by atoms with Crippen molar-refractivity contribution in [3.8, 4) is 0 Å². The molecule has 1 aromatic carbocycles. The van der Waals surface area contributed by atoms with Crippen molar-refractivity contribution in [1.29, 1.82) is 0 Å². The monoisotopic (exact) mass is 385 g/mol. The highest BCUT2D eigenvalue weighted by Crippen LogP contribution is 2.25. The Morgan fingerprint density at radius 2 is 1.81 bits per heavy atom. The van der Waals surface area contributed by atoms with E-state index in [-0.39, 0.29) is 24.7 Å². The molecule has 1 aliphatic heterocycles. The summed E-state index contributed by atoms with van der Waals surface area (Å²) in [5.74, 6) is -2.28. The molecule has 2 aromatic rings. The number of sulfonamides is 1. The molecule has 0 bridgehead atoms. The van der Waals surface area contributed by atoms with Gasteiger partial charge in [-0.15, -0.1) is 5.10 Å². The third kappa shape index (κ3) is 3.31. The van der Waals surface area contributed by atoms with E-state index in [0.29, 0.717) is 6.07 Å². The average Bonchev–Trinajstić information content (AvgIpc) is 3.09. The van der Waals surface area contributed by atoms with Gasteiger partial charge in [-0.25, -0.2) is 17.2 Å². The number of piperazine rings is 1. The van der Waals surface area contributed by atoms with Crippen molar-refractivity contribution < 1.29 is 22.0 Å². The number of rotatable bonds is 3. The zero-order chi connectivity index (χ0) is 19.1. The second-order valence-electron chi connectivity index (χ2n) is 6.21. The summed E-state index contributed by atoms with van der Waals surface area (Å²) < 4.78 is 53.7. The van der Waals surface area contributed by atoms with Crippen LogP contribution in [0.5, 0.6) is 0 Å². The van der Waals surface area contributed by atoms with Gasteiger partial charge in [0.15, 0.2) is 0 Å². The van der Waals surface area contributed by atoms with E-state index in [2.05, 4.69) is 15.4 Å². The minimum atomic E-state index is -4.11. The number of halogens is 2. The lowest BCUT2D eigenvalue weighted by molar-refractivity contribution is 0.0501. The van der Waals surface area contributed by atoms with Crippen molar-refractivity contribution in [2.75, 3.05) is 13.1 Å². The summed E-state index contributed by atoms with van der Waals surface area (Å²) >= 11 is 0. The van der Waals surface area contributed by atoms with Crippen LogP contribution in [0.4, 0.5) is 8.78 Å². The molecule has 2 heterocycles. The Labute approximate surface area is 148 Å². The van der Waals surface area contributed by atoms with Crippen LogP contribution in [0.2, 0.25) is 0 Å². The molecule has 1 aliphatic rings. The van der Waals surface area contributed by atoms with E-state index in [1.54, 1.807) is 13.8 Å². The number of H-pyrrole nitrogens is 1. The van der Waals surface area contributed by atoms with Crippen molar-refractivity contribution >= 4 is 15.9 Å². The van der Waals surface area contributed by atoms with Crippen LogP contribution in [0, 0.1) is 11.6 Å². The predicted molar refractivity (Wildman–Crippen MR) is 86.6 cm³/mol. The van der Waals surface area contributed by atoms with Gasteiger partial charge in [0.25, 0.3) is 5.91 Å². The molecule has 1 saturated heterocycles. The number of amides is 1. The fourth-order valence-corrected chi connectivity index (χ4v) is 4.73. The Morgan fingerprint density at radius 3 is 2.38 bits per heavy atom. The first-order chi connectivity index (χ1) is 12.2. The van der Waals surface area contributed by atoms with E-state index < -0.39 is 38.6 Å². The largest absolute Gasteiger partial charge is 0.332 e. The van der Waals surface area contributed by atoms with Crippen LogP contribution in [0.25, 0.3) is 0 Å². The molecule has 2 atom stereocenters. The molecule has 0 unspecified atom stereocenters. The van der Waals surface area contributed by atoms with Gasteiger partial charge in [0.2, 0.25) is 10.0 Å². The number of hydrogen-bond acceptors (Lipinski definition) is 5. The lowest BCUT2D eigenvalue weighted by atomic mass is 10.1. The molecule has 1 fully saturated rings. The van der Waals surface area contributed by atoms with E-state index in [1.807, 2.05) is 0 Å². The Kier molecular flexibility index (Phi) is 4.76. The molecule has 140 valence electrons. The van der Waals surface area contributed by atoms with Crippen LogP contribution in [-0.4, -0.2) is 64.1 Å². The zero-order valence-corrected chi connectivity index (χ0v) is 14.9. The van der Waals surface area contributed by atoms with Crippen LogP contribution >= 0.6 is 0 Å². The molecule has 11 heteroatoms. The lowest BCUT2D eigenvalue weighted by Crippen LogP contribution is -2.59. The summed E-state index contributed by atoms with van der Waals surface area (Å²) in [4.78, 5) is 13.5. The highest BCUT2D eigenvalue weighted by Gasteiger charge is 2.39. The zero-order valence-electron chi connectivity index (χ0n) is 14.1. The summed E-state index contributed by atoms with van der Waals surface area (Å²) in [6, 6.07) is 1.14. The van der Waals surface area contributed by atoms with Crippen LogP contribution < -0.4 is 0 Å². The number of aromatic amines is 1. The molecule has 0 aliphatic carbocycles. The molecule has 8 nitrogen and oxygen atoms in total. The van der Waals surface area contributed by atoms with E-state index in [1.165, 1.54) is 11.1 Å². The van der Waals surface area contributed by atoms with Crippen molar-refractivity contribution in [2.24, 2.45) is 0 Å². The van der Waals surface area contributed by atoms with Crippen LogP contribution in [0.3, 0.4) is 0 Å². The quantitative estimate of drug-likeness (QED) is 0.850. The van der Waals surface area contributed by atoms with Gasteiger partial charge in [-0.3, -0.25) is 9.89 Å². The van der Waals surface area contributed by atoms with Gasteiger partial charge >= 0.3 is 0 Å². The average molecular weight is 385 g/mol. The second-order valence-corrected chi connectivity index (χ2v) is 8.10. The van der Waals surface area contributed by atoms with Gasteiger partial charge in [0.1, 0.15) is 17.3 Å². The number of benzene rings is 1. The van der Waals surface area contributed by atoms with Crippen LogP contribution in [-0.2, 0) is 10.0 Å². The molecule has 1 aromatic heterocycles. The first-order valence-corrected chi connectivity index (χ1v) is 9.29. The maximum absolute atomic E-state index is 13.4. The van der Waals surface area contributed by atoms with Crippen molar-refractivity contribution in [2.45, 2.75) is 30.8 Å². The summed E-state index contributed by atoms with van der Waals surface area (Å²) in [5.41, 5.74) is 0.201. The summed E-state index contributed by atoms with van der Waals surface area (Å²) in [6.45, 7) is 3.44. The maximum atomic E-state index is 13.4. The SMILES string of the molecule is C[C@@H]1CN(C(=O)c2cnn[nH]2)[C@@H](C)CN1S(=O)(=O)c1cc(F)cc(F)c1.